The first-order valence-corrected chi connectivity index (χ1v) is 4.84. The van der Waals surface area contributed by atoms with Gasteiger partial charge in [0.1, 0.15) is 0 Å². The predicted molar refractivity (Wildman–Crippen MR) is 52.8 cm³/mol. The standard InChI is InChI=1S/C10H20N2/c1-5-10-11(4)8-7-9(3)12(10)6-2/h7,10H,5-6,8H2,1-4H3. The Labute approximate surface area is 75.8 Å². The van der Waals surface area contributed by atoms with Crippen LogP contribution in [0.15, 0.2) is 11.8 Å². The van der Waals surface area contributed by atoms with Gasteiger partial charge in [-0.3, -0.25) is 4.90 Å². The van der Waals surface area contributed by atoms with Gasteiger partial charge in [-0.15, -0.1) is 0 Å². The first-order valence-electron chi connectivity index (χ1n) is 4.84. The van der Waals surface area contributed by atoms with Crippen molar-refractivity contribution in [2.24, 2.45) is 0 Å². The Morgan fingerprint density at radius 2 is 2.17 bits per heavy atom. The van der Waals surface area contributed by atoms with E-state index in [9.17, 15) is 0 Å². The fourth-order valence-corrected chi connectivity index (χ4v) is 1.98. The van der Waals surface area contributed by atoms with Crippen LogP contribution < -0.4 is 0 Å². The van der Waals surface area contributed by atoms with Crippen LogP contribution in [0.25, 0.3) is 0 Å². The predicted octanol–water partition coefficient (Wildman–Crippen LogP) is 1.89. The molecule has 1 rings (SSSR count). The minimum atomic E-state index is 0.611. The van der Waals surface area contributed by atoms with Crippen molar-refractivity contribution < 1.29 is 0 Å². The molecule has 1 aliphatic heterocycles. The summed E-state index contributed by atoms with van der Waals surface area (Å²) < 4.78 is 0. The number of hydrogen-bond donors (Lipinski definition) is 0. The topological polar surface area (TPSA) is 6.48 Å². The van der Waals surface area contributed by atoms with Gasteiger partial charge in [0.15, 0.2) is 0 Å². The molecule has 0 aliphatic carbocycles. The average Bonchev–Trinajstić information content (AvgIpc) is 2.08. The van der Waals surface area contributed by atoms with Crippen LogP contribution in [0, 0.1) is 0 Å². The van der Waals surface area contributed by atoms with E-state index in [0.717, 1.165) is 13.1 Å². The lowest BCUT2D eigenvalue weighted by Gasteiger charge is -2.42. The number of allylic oxidation sites excluding steroid dienone is 1. The second kappa shape index (κ2) is 3.94. The lowest BCUT2D eigenvalue weighted by molar-refractivity contribution is 0.0841. The monoisotopic (exact) mass is 168 g/mol. The van der Waals surface area contributed by atoms with Crippen LogP contribution >= 0.6 is 0 Å². The molecule has 0 aromatic heterocycles. The van der Waals surface area contributed by atoms with Crippen LogP contribution in [-0.4, -0.2) is 36.1 Å². The summed E-state index contributed by atoms with van der Waals surface area (Å²) in [5.41, 5.74) is 1.43. The van der Waals surface area contributed by atoms with E-state index < -0.39 is 0 Å². The highest BCUT2D eigenvalue weighted by Crippen LogP contribution is 2.18. The summed E-state index contributed by atoms with van der Waals surface area (Å²) in [5, 5.41) is 0. The largest absolute Gasteiger partial charge is 0.360 e. The highest BCUT2D eigenvalue weighted by molar-refractivity contribution is 5.04. The van der Waals surface area contributed by atoms with Gasteiger partial charge in [-0.25, -0.2) is 0 Å². The van der Waals surface area contributed by atoms with Gasteiger partial charge in [-0.1, -0.05) is 13.0 Å². The molecular formula is C10H20N2. The zero-order valence-electron chi connectivity index (χ0n) is 8.67. The number of likely N-dealkylation sites (N-methyl/N-ethyl adjacent to an activating group) is 1. The van der Waals surface area contributed by atoms with Crippen molar-refractivity contribution in [1.82, 2.24) is 9.80 Å². The van der Waals surface area contributed by atoms with Crippen molar-refractivity contribution in [2.45, 2.75) is 33.4 Å². The molecule has 12 heavy (non-hydrogen) atoms. The third-order valence-electron chi connectivity index (χ3n) is 2.70. The van der Waals surface area contributed by atoms with Gasteiger partial charge in [0.2, 0.25) is 0 Å². The van der Waals surface area contributed by atoms with E-state index in [1.165, 1.54) is 12.1 Å². The van der Waals surface area contributed by atoms with Gasteiger partial charge in [-0.05, 0) is 27.3 Å². The van der Waals surface area contributed by atoms with Crippen molar-refractivity contribution in [3.63, 3.8) is 0 Å². The molecule has 1 heterocycles. The Morgan fingerprint density at radius 1 is 1.50 bits per heavy atom. The number of nitrogens with zero attached hydrogens (tertiary/aromatic N) is 2. The number of hydrogen-bond acceptors (Lipinski definition) is 2. The molecule has 0 saturated heterocycles. The molecule has 0 aromatic carbocycles. The fourth-order valence-electron chi connectivity index (χ4n) is 1.98. The van der Waals surface area contributed by atoms with Crippen molar-refractivity contribution in [3.05, 3.63) is 11.8 Å². The van der Waals surface area contributed by atoms with Crippen molar-refractivity contribution in [3.8, 4) is 0 Å². The molecule has 0 amide bonds. The summed E-state index contributed by atoms with van der Waals surface area (Å²) in [6.07, 6.45) is 4.12. The number of rotatable bonds is 2. The van der Waals surface area contributed by atoms with Crippen LogP contribution in [0.1, 0.15) is 27.2 Å². The third-order valence-corrected chi connectivity index (χ3v) is 2.70. The van der Waals surface area contributed by atoms with Crippen LogP contribution in [0.5, 0.6) is 0 Å². The summed E-state index contributed by atoms with van der Waals surface area (Å²) in [4.78, 5) is 4.86. The lowest BCUT2D eigenvalue weighted by atomic mass is 10.2. The van der Waals surface area contributed by atoms with E-state index in [2.05, 4.69) is 43.7 Å². The third kappa shape index (κ3) is 1.63. The molecule has 2 heteroatoms. The van der Waals surface area contributed by atoms with Gasteiger partial charge in [0.05, 0.1) is 6.17 Å². The lowest BCUT2D eigenvalue weighted by Crippen LogP contribution is -2.48. The van der Waals surface area contributed by atoms with E-state index >= 15 is 0 Å². The Bertz CT molecular complexity index is 175. The smallest absolute Gasteiger partial charge is 0.0814 e. The van der Waals surface area contributed by atoms with Gasteiger partial charge >= 0.3 is 0 Å². The molecule has 0 N–H and O–H groups in total. The molecule has 1 unspecified atom stereocenters. The van der Waals surface area contributed by atoms with Gasteiger partial charge < -0.3 is 4.90 Å². The van der Waals surface area contributed by atoms with Crippen molar-refractivity contribution >= 4 is 0 Å². The van der Waals surface area contributed by atoms with Crippen LogP contribution in [-0.2, 0) is 0 Å². The molecule has 1 atom stereocenters. The Kier molecular flexibility index (Phi) is 3.15. The first kappa shape index (κ1) is 9.59. The normalized spacial score (nSPS) is 25.8. The van der Waals surface area contributed by atoms with Gasteiger partial charge in [0, 0.05) is 18.8 Å². The van der Waals surface area contributed by atoms with Gasteiger partial charge in [0.25, 0.3) is 0 Å². The average molecular weight is 168 g/mol. The quantitative estimate of drug-likeness (QED) is 0.621. The summed E-state index contributed by atoms with van der Waals surface area (Å²) in [7, 11) is 2.19. The summed E-state index contributed by atoms with van der Waals surface area (Å²) in [5.74, 6) is 0. The fraction of sp³-hybridized carbons (Fsp3) is 0.800. The molecule has 0 spiro atoms. The molecule has 0 radical (unpaired) electrons. The molecular weight excluding hydrogens is 148 g/mol. The second-order valence-corrected chi connectivity index (χ2v) is 3.46. The molecule has 0 saturated carbocycles. The van der Waals surface area contributed by atoms with Crippen LogP contribution in [0.3, 0.4) is 0 Å². The van der Waals surface area contributed by atoms with E-state index in [-0.39, 0.29) is 0 Å². The minimum Gasteiger partial charge on any atom is -0.360 e. The van der Waals surface area contributed by atoms with Crippen molar-refractivity contribution in [2.75, 3.05) is 20.1 Å². The maximum Gasteiger partial charge on any atom is 0.0814 e. The molecule has 70 valence electrons. The maximum absolute atomic E-state index is 2.46. The van der Waals surface area contributed by atoms with E-state index in [1.54, 1.807) is 0 Å². The maximum atomic E-state index is 2.46. The summed E-state index contributed by atoms with van der Waals surface area (Å²) in [6.45, 7) is 8.90. The van der Waals surface area contributed by atoms with Gasteiger partial charge in [-0.2, -0.15) is 0 Å². The Hall–Kier alpha value is -0.500. The highest BCUT2D eigenvalue weighted by atomic mass is 15.4. The SMILES string of the molecule is CCC1N(C)CC=C(C)N1CC. The molecule has 2 nitrogen and oxygen atoms in total. The zero-order valence-corrected chi connectivity index (χ0v) is 8.67. The Morgan fingerprint density at radius 3 is 2.58 bits per heavy atom. The van der Waals surface area contributed by atoms with Crippen molar-refractivity contribution in [1.29, 1.82) is 0 Å². The van der Waals surface area contributed by atoms with Crippen LogP contribution in [0.4, 0.5) is 0 Å². The Balaban J connectivity index is 2.75. The summed E-state index contributed by atoms with van der Waals surface area (Å²) in [6, 6.07) is 0. The second-order valence-electron chi connectivity index (χ2n) is 3.46. The van der Waals surface area contributed by atoms with E-state index in [0.29, 0.717) is 6.17 Å². The van der Waals surface area contributed by atoms with Crippen LogP contribution in [0.2, 0.25) is 0 Å². The van der Waals surface area contributed by atoms with E-state index in [1.807, 2.05) is 0 Å². The first-order chi connectivity index (χ1) is 5.70. The molecule has 1 aliphatic rings. The molecule has 0 aromatic rings. The zero-order chi connectivity index (χ0) is 9.14. The molecule has 0 bridgehead atoms. The summed E-state index contributed by atoms with van der Waals surface area (Å²) >= 11 is 0. The minimum absolute atomic E-state index is 0.611. The highest BCUT2D eigenvalue weighted by Gasteiger charge is 2.22. The molecule has 0 fully saturated rings. The van der Waals surface area contributed by atoms with E-state index in [4.69, 9.17) is 0 Å².